The van der Waals surface area contributed by atoms with Crippen molar-refractivity contribution in [2.45, 2.75) is 62.4 Å². The molecule has 9 nitrogen and oxygen atoms in total. The molecule has 1 aliphatic carbocycles. The van der Waals surface area contributed by atoms with E-state index >= 15 is 0 Å². The van der Waals surface area contributed by atoms with E-state index in [1.54, 1.807) is 43.5 Å². The standard InChI is InChI=1S/C30H36N2O7/c1-18-10-11-21(37-4)26-24(18)29-15-17-32(3)19(2)30(29,36)14-12-22(27(29)39-26)38-23(33)13-16-31-28(35)25(34)20-8-6-5-7-9-20/h5-12,19,25,27,34,36H,13-17H2,1-4H3,(H,31,35)/t19-,25-,27+,29+,30-/m1/s1. The number of rotatable bonds is 7. The number of likely N-dealkylation sites (tertiary alicyclic amines) is 1. The number of hydrogen-bond acceptors (Lipinski definition) is 8. The van der Waals surface area contributed by atoms with E-state index in [0.717, 1.165) is 17.7 Å². The molecule has 1 amide bonds. The van der Waals surface area contributed by atoms with E-state index in [1.807, 2.05) is 33.0 Å². The number of carbonyl (C=O) groups is 2. The van der Waals surface area contributed by atoms with Crippen LogP contribution in [-0.4, -0.2) is 72.0 Å². The third-order valence-electron chi connectivity index (χ3n) is 8.76. The predicted octanol–water partition coefficient (Wildman–Crippen LogP) is 2.53. The van der Waals surface area contributed by atoms with Crippen LogP contribution in [0, 0.1) is 6.92 Å². The molecule has 1 fully saturated rings. The van der Waals surface area contributed by atoms with Crippen molar-refractivity contribution in [1.82, 2.24) is 10.2 Å². The second-order valence-corrected chi connectivity index (χ2v) is 10.7. The number of hydrogen-bond donors (Lipinski definition) is 3. The summed E-state index contributed by atoms with van der Waals surface area (Å²) in [6, 6.07) is 12.2. The van der Waals surface area contributed by atoms with E-state index in [-0.39, 0.29) is 25.4 Å². The van der Waals surface area contributed by atoms with Crippen molar-refractivity contribution in [3.05, 3.63) is 71.0 Å². The summed E-state index contributed by atoms with van der Waals surface area (Å²) in [6.45, 7) is 4.75. The number of aliphatic hydroxyl groups excluding tert-OH is 1. The van der Waals surface area contributed by atoms with Gasteiger partial charge in [0.1, 0.15) is 5.76 Å². The van der Waals surface area contributed by atoms with Gasteiger partial charge >= 0.3 is 5.97 Å². The quantitative estimate of drug-likeness (QED) is 0.462. The largest absolute Gasteiger partial charge is 0.493 e. The van der Waals surface area contributed by atoms with Crippen LogP contribution >= 0.6 is 0 Å². The van der Waals surface area contributed by atoms with Gasteiger partial charge in [-0.1, -0.05) is 36.4 Å². The molecule has 1 spiro atoms. The van der Waals surface area contributed by atoms with Crippen LogP contribution in [0.4, 0.5) is 0 Å². The summed E-state index contributed by atoms with van der Waals surface area (Å²) in [5, 5.41) is 25.1. The van der Waals surface area contributed by atoms with Gasteiger partial charge in [0.25, 0.3) is 5.91 Å². The van der Waals surface area contributed by atoms with E-state index in [1.165, 1.54) is 0 Å². The van der Waals surface area contributed by atoms with E-state index in [2.05, 4.69) is 10.2 Å². The van der Waals surface area contributed by atoms with Crippen molar-refractivity contribution in [2.24, 2.45) is 0 Å². The first-order chi connectivity index (χ1) is 18.6. The molecule has 5 atom stereocenters. The Balaban J connectivity index is 1.35. The molecule has 1 saturated heterocycles. The third-order valence-corrected chi connectivity index (χ3v) is 8.76. The number of carbonyl (C=O) groups excluding carboxylic acids is 2. The van der Waals surface area contributed by atoms with E-state index in [4.69, 9.17) is 14.2 Å². The summed E-state index contributed by atoms with van der Waals surface area (Å²) in [6.07, 6.45) is 0.520. The normalized spacial score (nSPS) is 28.2. The molecule has 3 N–H and O–H groups in total. The van der Waals surface area contributed by atoms with Gasteiger partial charge in [-0.15, -0.1) is 0 Å². The average molecular weight is 537 g/mol. The number of benzene rings is 2. The van der Waals surface area contributed by atoms with Crippen molar-refractivity contribution in [1.29, 1.82) is 0 Å². The molecule has 0 radical (unpaired) electrons. The Labute approximate surface area is 228 Å². The number of fused-ring (bicyclic) bond motifs is 1. The van der Waals surface area contributed by atoms with E-state index in [0.29, 0.717) is 29.2 Å². The summed E-state index contributed by atoms with van der Waals surface area (Å²) in [4.78, 5) is 27.4. The summed E-state index contributed by atoms with van der Waals surface area (Å²) >= 11 is 0. The Kier molecular flexibility index (Phi) is 7.17. The minimum Gasteiger partial charge on any atom is -0.493 e. The first-order valence-electron chi connectivity index (χ1n) is 13.3. The minimum atomic E-state index is -1.32. The zero-order valence-corrected chi connectivity index (χ0v) is 22.8. The van der Waals surface area contributed by atoms with Crippen LogP contribution in [-0.2, 0) is 19.7 Å². The number of piperidine rings is 1. The molecule has 0 aromatic heterocycles. The fourth-order valence-electron chi connectivity index (χ4n) is 6.51. The molecule has 0 saturated carbocycles. The molecular formula is C30H36N2O7. The van der Waals surface area contributed by atoms with Gasteiger partial charge < -0.3 is 34.6 Å². The molecule has 2 heterocycles. The fourth-order valence-corrected chi connectivity index (χ4v) is 6.51. The number of aryl methyl sites for hydroxylation is 1. The van der Waals surface area contributed by atoms with Gasteiger partial charge in [-0.2, -0.15) is 0 Å². The monoisotopic (exact) mass is 536 g/mol. The van der Waals surface area contributed by atoms with Crippen LogP contribution in [0.2, 0.25) is 0 Å². The van der Waals surface area contributed by atoms with Gasteiger partial charge in [0.2, 0.25) is 0 Å². The first kappa shape index (κ1) is 27.2. The number of nitrogens with one attached hydrogen (secondary N) is 1. The minimum absolute atomic E-state index is 0.00439. The van der Waals surface area contributed by atoms with Crippen LogP contribution in [0.5, 0.6) is 11.5 Å². The van der Waals surface area contributed by atoms with E-state index < -0.39 is 35.1 Å². The Morgan fingerprint density at radius 3 is 2.69 bits per heavy atom. The van der Waals surface area contributed by atoms with Crippen molar-refractivity contribution in [3.8, 4) is 11.5 Å². The molecule has 2 aliphatic heterocycles. The number of aliphatic hydroxyl groups is 2. The lowest BCUT2D eigenvalue weighted by molar-refractivity contribution is -0.161. The fraction of sp³-hybridized carbons (Fsp3) is 0.467. The highest BCUT2D eigenvalue weighted by atomic mass is 16.6. The maximum atomic E-state index is 12.9. The predicted molar refractivity (Wildman–Crippen MR) is 143 cm³/mol. The second-order valence-electron chi connectivity index (χ2n) is 10.7. The molecule has 2 aromatic carbocycles. The van der Waals surface area contributed by atoms with Gasteiger partial charge in [-0.05, 0) is 57.1 Å². The lowest BCUT2D eigenvalue weighted by atomic mass is 9.54. The maximum absolute atomic E-state index is 12.9. The third kappa shape index (κ3) is 4.29. The van der Waals surface area contributed by atoms with Crippen molar-refractivity contribution >= 4 is 11.9 Å². The van der Waals surface area contributed by atoms with Crippen LogP contribution in [0.1, 0.15) is 49.0 Å². The average Bonchev–Trinajstić information content (AvgIpc) is 3.30. The number of esters is 1. The topological polar surface area (TPSA) is 118 Å². The van der Waals surface area contributed by atoms with Crippen LogP contribution in [0.15, 0.2) is 54.3 Å². The van der Waals surface area contributed by atoms with Crippen molar-refractivity contribution in [2.75, 3.05) is 27.2 Å². The molecule has 9 heteroatoms. The lowest BCUT2D eigenvalue weighted by Crippen LogP contribution is -2.71. The number of likely N-dealkylation sites (N-methyl/N-ethyl adjacent to an activating group) is 1. The zero-order chi connectivity index (χ0) is 27.9. The van der Waals surface area contributed by atoms with Crippen molar-refractivity contribution < 1.29 is 34.0 Å². The molecule has 0 unspecified atom stereocenters. The highest BCUT2D eigenvalue weighted by Crippen LogP contribution is 2.62. The van der Waals surface area contributed by atoms with E-state index in [9.17, 15) is 19.8 Å². The Morgan fingerprint density at radius 2 is 1.97 bits per heavy atom. The summed E-state index contributed by atoms with van der Waals surface area (Å²) in [7, 11) is 3.58. The molecule has 208 valence electrons. The summed E-state index contributed by atoms with van der Waals surface area (Å²) in [5.41, 5.74) is 0.364. The van der Waals surface area contributed by atoms with Crippen LogP contribution in [0.3, 0.4) is 0 Å². The Hall–Kier alpha value is -3.40. The van der Waals surface area contributed by atoms with Gasteiger partial charge in [-0.25, -0.2) is 0 Å². The Bertz CT molecular complexity index is 1300. The molecular weight excluding hydrogens is 500 g/mol. The van der Waals surface area contributed by atoms with Crippen LogP contribution < -0.4 is 14.8 Å². The number of amides is 1. The maximum Gasteiger partial charge on any atom is 0.312 e. The van der Waals surface area contributed by atoms with Gasteiger partial charge in [-0.3, -0.25) is 9.59 Å². The zero-order valence-electron chi connectivity index (χ0n) is 22.8. The van der Waals surface area contributed by atoms with Gasteiger partial charge in [0, 0.05) is 24.6 Å². The highest BCUT2D eigenvalue weighted by Gasteiger charge is 2.69. The van der Waals surface area contributed by atoms with Crippen molar-refractivity contribution in [3.63, 3.8) is 0 Å². The molecule has 0 bridgehead atoms. The summed E-state index contributed by atoms with van der Waals surface area (Å²) < 4.78 is 18.0. The van der Waals surface area contributed by atoms with Gasteiger partial charge in [0.15, 0.2) is 23.7 Å². The second kappa shape index (κ2) is 10.3. The smallest absolute Gasteiger partial charge is 0.312 e. The molecule has 2 aromatic rings. The molecule has 39 heavy (non-hydrogen) atoms. The van der Waals surface area contributed by atoms with Gasteiger partial charge in [0.05, 0.1) is 24.5 Å². The molecule has 3 aliphatic rings. The summed E-state index contributed by atoms with van der Waals surface area (Å²) in [5.74, 6) is 0.366. The highest BCUT2D eigenvalue weighted by molar-refractivity contribution is 5.82. The number of ether oxygens (including phenoxy) is 3. The molecule has 5 rings (SSSR count). The lowest BCUT2D eigenvalue weighted by Gasteiger charge is -2.58. The number of methoxy groups -OCH3 is 1. The Morgan fingerprint density at radius 1 is 1.23 bits per heavy atom. The first-order valence-corrected chi connectivity index (χ1v) is 13.3. The number of nitrogens with zero attached hydrogens (tertiary/aromatic N) is 1. The SMILES string of the molecule is COc1ccc(C)c2c1O[C@H]1C(OC(=O)CCNC(=O)[C@H](O)c3ccccc3)=CC[C@@]3(O)[C@@H](C)N(C)CC[C@]213. The van der Waals surface area contributed by atoms with Crippen LogP contribution in [0.25, 0.3) is 0 Å².